The molecule has 0 radical (unpaired) electrons. The van der Waals surface area contributed by atoms with Crippen LogP contribution >= 0.6 is 0 Å². The SMILES string of the molecule is Fc1cc2cc3cc4ccc(-c5ccc6cc7cc8ccccc8cc7cc6c5)cc4cc3cc2cc1F. The van der Waals surface area contributed by atoms with Crippen LogP contribution in [0.25, 0.3) is 75.8 Å². The van der Waals surface area contributed by atoms with Crippen LogP contribution in [0.3, 0.4) is 0 Å². The first-order chi connectivity index (χ1) is 18.6. The van der Waals surface area contributed by atoms with Crippen LogP contribution in [0.5, 0.6) is 0 Å². The van der Waals surface area contributed by atoms with Crippen molar-refractivity contribution in [3.05, 3.63) is 133 Å². The lowest BCUT2D eigenvalue weighted by Gasteiger charge is -2.10. The fraction of sp³-hybridized carbons (Fsp3) is 0. The highest BCUT2D eigenvalue weighted by molar-refractivity contribution is 6.07. The third kappa shape index (κ3) is 3.34. The molecule has 0 bridgehead atoms. The maximum atomic E-state index is 13.8. The molecule has 0 amide bonds. The largest absolute Gasteiger partial charge is 0.204 e. The van der Waals surface area contributed by atoms with Crippen LogP contribution in [0.4, 0.5) is 8.78 Å². The summed E-state index contributed by atoms with van der Waals surface area (Å²) < 4.78 is 27.6. The highest BCUT2D eigenvalue weighted by Gasteiger charge is 2.08. The second-order valence-electron chi connectivity index (χ2n) is 10.2. The second-order valence-corrected chi connectivity index (χ2v) is 10.2. The van der Waals surface area contributed by atoms with Crippen LogP contribution in [0.2, 0.25) is 0 Å². The van der Waals surface area contributed by atoms with Crippen molar-refractivity contribution in [1.82, 2.24) is 0 Å². The van der Waals surface area contributed by atoms with Gasteiger partial charge in [0.1, 0.15) is 0 Å². The predicted molar refractivity (Wildman–Crippen MR) is 157 cm³/mol. The van der Waals surface area contributed by atoms with Crippen molar-refractivity contribution < 1.29 is 8.78 Å². The molecule has 8 rings (SSSR count). The number of rotatable bonds is 1. The van der Waals surface area contributed by atoms with Gasteiger partial charge in [0.25, 0.3) is 0 Å². The molecule has 0 saturated heterocycles. The summed E-state index contributed by atoms with van der Waals surface area (Å²) in [5.41, 5.74) is 2.31. The van der Waals surface area contributed by atoms with Gasteiger partial charge in [0.2, 0.25) is 0 Å². The molecular weight excluding hydrogens is 470 g/mol. The van der Waals surface area contributed by atoms with E-state index in [1.165, 1.54) is 44.5 Å². The van der Waals surface area contributed by atoms with E-state index in [2.05, 4.69) is 97.1 Å². The van der Waals surface area contributed by atoms with E-state index < -0.39 is 11.6 Å². The maximum Gasteiger partial charge on any atom is 0.159 e. The topological polar surface area (TPSA) is 0 Å². The minimum absolute atomic E-state index is 0.696. The average molecular weight is 491 g/mol. The van der Waals surface area contributed by atoms with Gasteiger partial charge in [-0.25, -0.2) is 8.78 Å². The van der Waals surface area contributed by atoms with Gasteiger partial charge < -0.3 is 0 Å². The number of fused-ring (bicyclic) bond motifs is 6. The van der Waals surface area contributed by atoms with E-state index in [-0.39, 0.29) is 0 Å². The molecule has 0 aliphatic rings. The third-order valence-corrected chi connectivity index (χ3v) is 7.78. The molecule has 38 heavy (non-hydrogen) atoms. The quantitative estimate of drug-likeness (QED) is 0.201. The fourth-order valence-corrected chi connectivity index (χ4v) is 5.80. The van der Waals surface area contributed by atoms with E-state index in [0.717, 1.165) is 32.7 Å². The molecule has 0 fully saturated rings. The van der Waals surface area contributed by atoms with Crippen molar-refractivity contribution in [2.45, 2.75) is 0 Å². The first-order valence-corrected chi connectivity index (χ1v) is 12.7. The van der Waals surface area contributed by atoms with E-state index in [4.69, 9.17) is 0 Å². The van der Waals surface area contributed by atoms with E-state index >= 15 is 0 Å². The molecule has 2 heteroatoms. The fourth-order valence-electron chi connectivity index (χ4n) is 5.80. The van der Waals surface area contributed by atoms with Gasteiger partial charge in [-0.1, -0.05) is 48.5 Å². The highest BCUT2D eigenvalue weighted by Crippen LogP contribution is 2.34. The van der Waals surface area contributed by atoms with Gasteiger partial charge in [-0.2, -0.15) is 0 Å². The van der Waals surface area contributed by atoms with Gasteiger partial charge in [-0.15, -0.1) is 0 Å². The van der Waals surface area contributed by atoms with Crippen molar-refractivity contribution in [3.63, 3.8) is 0 Å². The summed E-state index contributed by atoms with van der Waals surface area (Å²) in [5.74, 6) is -1.64. The normalized spacial score (nSPS) is 11.9. The van der Waals surface area contributed by atoms with Crippen LogP contribution in [0.1, 0.15) is 0 Å². The van der Waals surface area contributed by atoms with Gasteiger partial charge in [0, 0.05) is 0 Å². The summed E-state index contributed by atoms with van der Waals surface area (Å²) in [6, 6.07) is 41.3. The summed E-state index contributed by atoms with van der Waals surface area (Å²) in [7, 11) is 0. The Hall–Kier alpha value is -4.82. The van der Waals surface area contributed by atoms with Gasteiger partial charge in [-0.05, 0) is 149 Å². The zero-order chi connectivity index (χ0) is 25.4. The number of benzene rings is 8. The van der Waals surface area contributed by atoms with Crippen LogP contribution in [0.15, 0.2) is 121 Å². The molecule has 0 nitrogen and oxygen atoms in total. The van der Waals surface area contributed by atoms with E-state index in [9.17, 15) is 8.78 Å². The lowest BCUT2D eigenvalue weighted by molar-refractivity contribution is 0.511. The van der Waals surface area contributed by atoms with Crippen molar-refractivity contribution in [2.24, 2.45) is 0 Å². The van der Waals surface area contributed by atoms with Crippen molar-refractivity contribution >= 4 is 64.6 Å². The minimum atomic E-state index is -0.822. The molecule has 178 valence electrons. The molecule has 0 saturated carbocycles. The molecule has 0 aromatic heterocycles. The van der Waals surface area contributed by atoms with Gasteiger partial charge in [0.15, 0.2) is 11.6 Å². The Bertz CT molecular complexity index is 2260. The zero-order valence-electron chi connectivity index (χ0n) is 20.3. The maximum absolute atomic E-state index is 13.8. The summed E-state index contributed by atoms with van der Waals surface area (Å²) in [5, 5.41) is 13.1. The molecule has 8 aromatic rings. The highest BCUT2D eigenvalue weighted by atomic mass is 19.2. The van der Waals surface area contributed by atoms with Crippen LogP contribution in [-0.2, 0) is 0 Å². The van der Waals surface area contributed by atoms with Crippen molar-refractivity contribution in [3.8, 4) is 11.1 Å². The molecule has 8 aromatic carbocycles. The van der Waals surface area contributed by atoms with Gasteiger partial charge in [0.05, 0.1) is 0 Å². The molecule has 0 unspecified atom stereocenters. The Morgan fingerprint density at radius 3 is 0.947 bits per heavy atom. The molecule has 0 atom stereocenters. The molecular formula is C36H20F2. The number of hydrogen-bond donors (Lipinski definition) is 0. The molecule has 0 aliphatic heterocycles. The lowest BCUT2D eigenvalue weighted by Crippen LogP contribution is -1.86. The Morgan fingerprint density at radius 2 is 0.553 bits per heavy atom. The van der Waals surface area contributed by atoms with Crippen molar-refractivity contribution in [2.75, 3.05) is 0 Å². The first kappa shape index (κ1) is 21.3. The van der Waals surface area contributed by atoms with Crippen LogP contribution in [0, 0.1) is 11.6 Å². The molecule has 0 N–H and O–H groups in total. The predicted octanol–water partition coefficient (Wildman–Crippen LogP) is 10.6. The summed E-state index contributed by atoms with van der Waals surface area (Å²) in [6.07, 6.45) is 0. The molecule has 0 aliphatic carbocycles. The standard InChI is InChI=1S/C36H20F2/c37-35-19-33-17-31-14-26-8-6-24(12-28(26)16-32(31)18-34(33)20-36(35)38)23-5-7-25-13-29-9-21-3-1-2-4-22(21)10-30(29)15-27(25)11-23/h1-20H. The van der Waals surface area contributed by atoms with E-state index in [0.29, 0.717) is 10.8 Å². The third-order valence-electron chi connectivity index (χ3n) is 7.78. The van der Waals surface area contributed by atoms with Gasteiger partial charge in [-0.3, -0.25) is 0 Å². The van der Waals surface area contributed by atoms with Crippen LogP contribution in [-0.4, -0.2) is 0 Å². The van der Waals surface area contributed by atoms with Crippen molar-refractivity contribution in [1.29, 1.82) is 0 Å². The zero-order valence-corrected chi connectivity index (χ0v) is 20.3. The van der Waals surface area contributed by atoms with E-state index in [1.807, 2.05) is 12.1 Å². The number of halogens is 2. The monoisotopic (exact) mass is 490 g/mol. The Morgan fingerprint density at radius 1 is 0.263 bits per heavy atom. The minimum Gasteiger partial charge on any atom is -0.204 e. The Labute approximate surface area is 217 Å². The average Bonchev–Trinajstić information content (AvgIpc) is 2.93. The summed E-state index contributed by atoms with van der Waals surface area (Å²) >= 11 is 0. The molecule has 0 heterocycles. The summed E-state index contributed by atoms with van der Waals surface area (Å²) in [6.45, 7) is 0. The first-order valence-electron chi connectivity index (χ1n) is 12.7. The Balaban J connectivity index is 1.26. The van der Waals surface area contributed by atoms with Gasteiger partial charge >= 0.3 is 0 Å². The lowest BCUT2D eigenvalue weighted by atomic mass is 9.94. The Kier molecular flexibility index (Phi) is 4.39. The van der Waals surface area contributed by atoms with Crippen LogP contribution < -0.4 is 0 Å². The smallest absolute Gasteiger partial charge is 0.159 e. The second kappa shape index (κ2) is 7.84. The molecule has 0 spiro atoms. The van der Waals surface area contributed by atoms with E-state index in [1.54, 1.807) is 0 Å². The summed E-state index contributed by atoms with van der Waals surface area (Å²) in [4.78, 5) is 0. The number of hydrogen-bond acceptors (Lipinski definition) is 0.